The number of carboxylic acid groups (broad SMARTS) is 1. The standard InChI is InChI=1S/C14H15ClN2O3S/c1-8(2)12(14(18)19)21-7-11-16-17-13(20-11)9-5-3-4-6-10(9)15/h3-6,8,12H,7H2,1-2H3,(H,18,19). The predicted molar refractivity (Wildman–Crippen MR) is 82.3 cm³/mol. The van der Waals surface area contributed by atoms with Gasteiger partial charge >= 0.3 is 5.97 Å². The number of nitrogens with zero attached hydrogens (tertiary/aromatic N) is 2. The molecule has 1 heterocycles. The molecule has 0 aliphatic rings. The van der Waals surface area contributed by atoms with Crippen LogP contribution in [0, 0.1) is 5.92 Å². The van der Waals surface area contributed by atoms with Gasteiger partial charge in [0, 0.05) is 0 Å². The number of carboxylic acids is 1. The molecule has 0 amide bonds. The molecule has 0 saturated carbocycles. The molecule has 0 aliphatic heterocycles. The van der Waals surface area contributed by atoms with Crippen LogP contribution in [-0.2, 0) is 10.5 Å². The minimum atomic E-state index is -0.833. The van der Waals surface area contributed by atoms with Crippen molar-refractivity contribution < 1.29 is 14.3 Å². The van der Waals surface area contributed by atoms with Gasteiger partial charge in [0.15, 0.2) is 0 Å². The lowest BCUT2D eigenvalue weighted by Crippen LogP contribution is -2.22. The van der Waals surface area contributed by atoms with Gasteiger partial charge in [-0.2, -0.15) is 0 Å². The van der Waals surface area contributed by atoms with Crippen molar-refractivity contribution in [3.8, 4) is 11.5 Å². The van der Waals surface area contributed by atoms with Crippen LogP contribution in [0.4, 0.5) is 0 Å². The van der Waals surface area contributed by atoms with E-state index in [1.807, 2.05) is 26.0 Å². The fourth-order valence-corrected chi connectivity index (χ4v) is 2.95. The Morgan fingerprint density at radius 2 is 2.10 bits per heavy atom. The summed E-state index contributed by atoms with van der Waals surface area (Å²) in [7, 11) is 0. The zero-order chi connectivity index (χ0) is 15.4. The van der Waals surface area contributed by atoms with E-state index in [0.717, 1.165) is 0 Å². The molecule has 1 aromatic carbocycles. The summed E-state index contributed by atoms with van der Waals surface area (Å²) >= 11 is 7.34. The molecule has 21 heavy (non-hydrogen) atoms. The molecular weight excluding hydrogens is 312 g/mol. The number of aliphatic carboxylic acids is 1. The van der Waals surface area contributed by atoms with Crippen molar-refractivity contribution in [1.29, 1.82) is 0 Å². The summed E-state index contributed by atoms with van der Waals surface area (Å²) in [6.45, 7) is 3.74. The molecule has 0 radical (unpaired) electrons. The number of thioether (sulfide) groups is 1. The average Bonchev–Trinajstić information content (AvgIpc) is 2.87. The van der Waals surface area contributed by atoms with Gasteiger partial charge in [0.2, 0.25) is 11.8 Å². The lowest BCUT2D eigenvalue weighted by molar-refractivity contribution is -0.137. The number of halogens is 1. The Bertz CT molecular complexity index is 630. The summed E-state index contributed by atoms with van der Waals surface area (Å²) in [5, 5.41) is 17.1. The molecule has 7 heteroatoms. The van der Waals surface area contributed by atoms with Crippen molar-refractivity contribution in [3.63, 3.8) is 0 Å². The molecule has 0 fully saturated rings. The first-order valence-electron chi connectivity index (χ1n) is 6.40. The summed E-state index contributed by atoms with van der Waals surface area (Å²) in [5.41, 5.74) is 0.668. The lowest BCUT2D eigenvalue weighted by Gasteiger charge is -2.13. The normalized spacial score (nSPS) is 12.6. The highest BCUT2D eigenvalue weighted by Gasteiger charge is 2.23. The van der Waals surface area contributed by atoms with E-state index in [1.165, 1.54) is 11.8 Å². The van der Waals surface area contributed by atoms with Crippen LogP contribution < -0.4 is 0 Å². The second-order valence-electron chi connectivity index (χ2n) is 4.79. The van der Waals surface area contributed by atoms with Crippen molar-refractivity contribution in [2.75, 3.05) is 0 Å². The third kappa shape index (κ3) is 3.98. The first kappa shape index (κ1) is 15.9. The maximum Gasteiger partial charge on any atom is 0.316 e. The number of hydrogen-bond acceptors (Lipinski definition) is 5. The Kier molecular flexibility index (Phi) is 5.25. The summed E-state index contributed by atoms with van der Waals surface area (Å²) < 4.78 is 5.54. The molecule has 0 bridgehead atoms. The topological polar surface area (TPSA) is 76.2 Å². The number of hydrogen-bond donors (Lipinski definition) is 1. The van der Waals surface area contributed by atoms with E-state index in [1.54, 1.807) is 12.1 Å². The molecule has 112 valence electrons. The van der Waals surface area contributed by atoms with Crippen molar-refractivity contribution in [3.05, 3.63) is 35.2 Å². The van der Waals surface area contributed by atoms with Crippen molar-refractivity contribution in [1.82, 2.24) is 10.2 Å². The van der Waals surface area contributed by atoms with Crippen LogP contribution in [0.1, 0.15) is 19.7 Å². The quantitative estimate of drug-likeness (QED) is 0.871. The molecule has 1 unspecified atom stereocenters. The van der Waals surface area contributed by atoms with Crippen LogP contribution in [0.15, 0.2) is 28.7 Å². The van der Waals surface area contributed by atoms with E-state index in [-0.39, 0.29) is 5.92 Å². The van der Waals surface area contributed by atoms with Crippen LogP contribution in [0.5, 0.6) is 0 Å². The number of benzene rings is 1. The molecule has 0 spiro atoms. The van der Waals surface area contributed by atoms with Crippen molar-refractivity contribution >= 4 is 29.3 Å². The Morgan fingerprint density at radius 1 is 1.38 bits per heavy atom. The van der Waals surface area contributed by atoms with E-state index in [9.17, 15) is 4.79 Å². The summed E-state index contributed by atoms with van der Waals surface area (Å²) in [4.78, 5) is 11.1. The second-order valence-corrected chi connectivity index (χ2v) is 6.33. The third-order valence-electron chi connectivity index (χ3n) is 2.81. The fraction of sp³-hybridized carbons (Fsp3) is 0.357. The maximum absolute atomic E-state index is 11.1. The number of carbonyl (C=O) groups is 1. The largest absolute Gasteiger partial charge is 0.480 e. The van der Waals surface area contributed by atoms with Gasteiger partial charge < -0.3 is 9.52 Å². The molecule has 2 rings (SSSR count). The van der Waals surface area contributed by atoms with Gasteiger partial charge in [-0.25, -0.2) is 0 Å². The highest BCUT2D eigenvalue weighted by atomic mass is 35.5. The van der Waals surface area contributed by atoms with Crippen LogP contribution in [0.2, 0.25) is 5.02 Å². The predicted octanol–water partition coefficient (Wildman–Crippen LogP) is 3.73. The smallest absolute Gasteiger partial charge is 0.316 e. The van der Waals surface area contributed by atoms with Gasteiger partial charge in [-0.15, -0.1) is 22.0 Å². The lowest BCUT2D eigenvalue weighted by atomic mass is 10.1. The average molecular weight is 327 g/mol. The van der Waals surface area contributed by atoms with E-state index in [2.05, 4.69) is 10.2 Å². The number of rotatable bonds is 6. The Labute approximate surface area is 131 Å². The van der Waals surface area contributed by atoms with Crippen LogP contribution >= 0.6 is 23.4 Å². The highest BCUT2D eigenvalue weighted by molar-refractivity contribution is 7.99. The molecule has 1 N–H and O–H groups in total. The van der Waals surface area contributed by atoms with E-state index in [4.69, 9.17) is 21.1 Å². The summed E-state index contributed by atoms with van der Waals surface area (Å²) in [6, 6.07) is 7.19. The first-order chi connectivity index (χ1) is 9.99. The van der Waals surface area contributed by atoms with Gasteiger partial charge in [0.25, 0.3) is 0 Å². The van der Waals surface area contributed by atoms with Crippen molar-refractivity contribution in [2.24, 2.45) is 5.92 Å². The molecular formula is C14H15ClN2O3S. The second kappa shape index (κ2) is 6.95. The van der Waals surface area contributed by atoms with Gasteiger partial charge in [0.05, 0.1) is 16.3 Å². The minimum Gasteiger partial charge on any atom is -0.480 e. The third-order valence-corrected chi connectivity index (χ3v) is 4.65. The molecule has 2 aromatic rings. The first-order valence-corrected chi connectivity index (χ1v) is 7.83. The molecule has 1 aromatic heterocycles. The van der Waals surface area contributed by atoms with Crippen molar-refractivity contribution in [2.45, 2.75) is 24.9 Å². The van der Waals surface area contributed by atoms with Gasteiger partial charge in [-0.1, -0.05) is 37.6 Å². The van der Waals surface area contributed by atoms with Gasteiger partial charge in [-0.3, -0.25) is 4.79 Å². The van der Waals surface area contributed by atoms with E-state index < -0.39 is 11.2 Å². The zero-order valence-electron chi connectivity index (χ0n) is 11.6. The Morgan fingerprint density at radius 3 is 2.71 bits per heavy atom. The summed E-state index contributed by atoms with van der Waals surface area (Å²) in [6.07, 6.45) is 0. The molecule has 0 saturated heterocycles. The van der Waals surface area contributed by atoms with Crippen LogP contribution in [-0.4, -0.2) is 26.5 Å². The van der Waals surface area contributed by atoms with E-state index >= 15 is 0 Å². The number of aromatic nitrogens is 2. The monoisotopic (exact) mass is 326 g/mol. The fourth-order valence-electron chi connectivity index (χ4n) is 1.77. The summed E-state index contributed by atoms with van der Waals surface area (Å²) in [5.74, 6) is 0.279. The molecule has 5 nitrogen and oxygen atoms in total. The highest BCUT2D eigenvalue weighted by Crippen LogP contribution is 2.28. The SMILES string of the molecule is CC(C)C(SCc1nnc(-c2ccccc2Cl)o1)C(=O)O. The zero-order valence-corrected chi connectivity index (χ0v) is 13.2. The molecule has 0 aliphatic carbocycles. The Hall–Kier alpha value is -1.53. The van der Waals surface area contributed by atoms with Crippen LogP contribution in [0.3, 0.4) is 0 Å². The van der Waals surface area contributed by atoms with Gasteiger partial charge in [0.1, 0.15) is 5.25 Å². The van der Waals surface area contributed by atoms with Gasteiger partial charge in [-0.05, 0) is 18.1 Å². The Balaban J connectivity index is 2.07. The van der Waals surface area contributed by atoms with Crippen LogP contribution in [0.25, 0.3) is 11.5 Å². The molecule has 1 atom stereocenters. The van der Waals surface area contributed by atoms with E-state index in [0.29, 0.717) is 28.1 Å². The maximum atomic E-state index is 11.1. The minimum absolute atomic E-state index is 0.0264.